The van der Waals surface area contributed by atoms with Gasteiger partial charge in [-0.25, -0.2) is 0 Å². The lowest BCUT2D eigenvalue weighted by Gasteiger charge is -2.17. The smallest absolute Gasteiger partial charge is 0.178 e. The van der Waals surface area contributed by atoms with E-state index in [0.717, 1.165) is 49.7 Å². The summed E-state index contributed by atoms with van der Waals surface area (Å²) in [5.74, 6) is 0.220. The molecule has 0 N–H and O–H groups in total. The number of aryl methyl sites for hydroxylation is 1. The second kappa shape index (κ2) is 5.67. The van der Waals surface area contributed by atoms with Gasteiger partial charge in [0.05, 0.1) is 13.2 Å². The monoisotopic (exact) mass is 250 g/mol. The Morgan fingerprint density at radius 3 is 2.78 bits per heavy atom. The van der Waals surface area contributed by atoms with Crippen molar-refractivity contribution in [3.63, 3.8) is 0 Å². The standard InChI is InChI=1S/C14H22N2O2/c1-11-9-13(12(2)15(11)3)14(17)10-16-5-4-7-18-8-6-16/h9H,4-8,10H2,1-3H3. The first-order chi connectivity index (χ1) is 8.59. The molecular formula is C14H22N2O2. The lowest BCUT2D eigenvalue weighted by Crippen LogP contribution is -2.32. The van der Waals surface area contributed by atoms with Gasteiger partial charge < -0.3 is 9.30 Å². The predicted molar refractivity (Wildman–Crippen MR) is 71.1 cm³/mol. The van der Waals surface area contributed by atoms with E-state index in [1.54, 1.807) is 0 Å². The number of ether oxygens (including phenoxy) is 1. The maximum Gasteiger partial charge on any atom is 0.178 e. The van der Waals surface area contributed by atoms with E-state index in [-0.39, 0.29) is 5.78 Å². The van der Waals surface area contributed by atoms with Crippen molar-refractivity contribution >= 4 is 5.78 Å². The van der Waals surface area contributed by atoms with Crippen LogP contribution in [0.3, 0.4) is 0 Å². The number of ketones is 1. The first-order valence-electron chi connectivity index (χ1n) is 6.56. The molecule has 0 atom stereocenters. The molecule has 0 aliphatic carbocycles. The first kappa shape index (κ1) is 13.3. The van der Waals surface area contributed by atoms with Crippen LogP contribution in [0, 0.1) is 13.8 Å². The van der Waals surface area contributed by atoms with Crippen LogP contribution < -0.4 is 0 Å². The predicted octanol–water partition coefficient (Wildman–Crippen LogP) is 1.55. The Kier molecular flexibility index (Phi) is 4.19. The molecule has 0 aromatic carbocycles. The van der Waals surface area contributed by atoms with Crippen LogP contribution in [0.5, 0.6) is 0 Å². The quantitative estimate of drug-likeness (QED) is 0.763. The van der Waals surface area contributed by atoms with E-state index >= 15 is 0 Å². The van der Waals surface area contributed by atoms with Gasteiger partial charge in [0, 0.05) is 43.7 Å². The first-order valence-corrected chi connectivity index (χ1v) is 6.56. The van der Waals surface area contributed by atoms with Crippen LogP contribution in [-0.4, -0.2) is 48.1 Å². The van der Waals surface area contributed by atoms with Gasteiger partial charge in [-0.05, 0) is 26.3 Å². The third-order valence-electron chi connectivity index (χ3n) is 3.76. The lowest BCUT2D eigenvalue weighted by atomic mass is 10.1. The fourth-order valence-corrected chi connectivity index (χ4v) is 2.38. The molecule has 1 saturated heterocycles. The topological polar surface area (TPSA) is 34.5 Å². The van der Waals surface area contributed by atoms with Crippen molar-refractivity contribution in [2.75, 3.05) is 32.8 Å². The molecule has 0 unspecified atom stereocenters. The fourth-order valence-electron chi connectivity index (χ4n) is 2.38. The molecule has 4 heteroatoms. The van der Waals surface area contributed by atoms with Gasteiger partial charge in [-0.1, -0.05) is 0 Å². The summed E-state index contributed by atoms with van der Waals surface area (Å²) in [4.78, 5) is 14.5. The zero-order valence-corrected chi connectivity index (χ0v) is 11.5. The van der Waals surface area contributed by atoms with E-state index in [9.17, 15) is 4.79 Å². The normalized spacial score (nSPS) is 17.7. The fraction of sp³-hybridized carbons (Fsp3) is 0.643. The second-order valence-electron chi connectivity index (χ2n) is 5.01. The molecule has 1 aromatic heterocycles. The average Bonchev–Trinajstić information content (AvgIpc) is 2.57. The average molecular weight is 250 g/mol. The number of hydrogen-bond donors (Lipinski definition) is 0. The molecule has 0 spiro atoms. The number of carbonyl (C=O) groups excluding carboxylic acids is 1. The summed E-state index contributed by atoms with van der Waals surface area (Å²) >= 11 is 0. The number of rotatable bonds is 3. The van der Waals surface area contributed by atoms with Gasteiger partial charge in [-0.2, -0.15) is 0 Å². The number of Topliss-reactive ketones (excluding diaryl/α,β-unsaturated/α-hetero) is 1. The van der Waals surface area contributed by atoms with E-state index in [1.807, 2.05) is 27.0 Å². The highest BCUT2D eigenvalue weighted by Gasteiger charge is 2.18. The Morgan fingerprint density at radius 2 is 2.11 bits per heavy atom. The number of nitrogens with zero attached hydrogens (tertiary/aromatic N) is 2. The number of carbonyl (C=O) groups is 1. The molecule has 0 amide bonds. The molecule has 0 radical (unpaired) electrons. The van der Waals surface area contributed by atoms with Crippen LogP contribution >= 0.6 is 0 Å². The van der Waals surface area contributed by atoms with E-state index in [4.69, 9.17) is 4.74 Å². The maximum absolute atomic E-state index is 12.3. The van der Waals surface area contributed by atoms with Crippen LogP contribution in [0.15, 0.2) is 6.07 Å². The highest BCUT2D eigenvalue weighted by molar-refractivity contribution is 5.99. The lowest BCUT2D eigenvalue weighted by molar-refractivity contribution is 0.0921. The van der Waals surface area contributed by atoms with E-state index < -0.39 is 0 Å². The zero-order valence-electron chi connectivity index (χ0n) is 11.5. The summed E-state index contributed by atoms with van der Waals surface area (Å²) in [5, 5.41) is 0. The van der Waals surface area contributed by atoms with E-state index in [2.05, 4.69) is 9.47 Å². The largest absolute Gasteiger partial charge is 0.380 e. The molecule has 18 heavy (non-hydrogen) atoms. The van der Waals surface area contributed by atoms with Crippen LogP contribution in [-0.2, 0) is 11.8 Å². The van der Waals surface area contributed by atoms with Crippen LogP contribution in [0.25, 0.3) is 0 Å². The molecule has 2 rings (SSSR count). The molecule has 1 fully saturated rings. The summed E-state index contributed by atoms with van der Waals surface area (Å²) in [6, 6.07) is 1.99. The van der Waals surface area contributed by atoms with E-state index in [0.29, 0.717) is 6.54 Å². The summed E-state index contributed by atoms with van der Waals surface area (Å²) in [6.07, 6.45) is 1.01. The molecule has 100 valence electrons. The highest BCUT2D eigenvalue weighted by Crippen LogP contribution is 2.14. The Hall–Kier alpha value is -1.13. The summed E-state index contributed by atoms with van der Waals surface area (Å²) < 4.78 is 7.47. The summed E-state index contributed by atoms with van der Waals surface area (Å²) in [6.45, 7) is 7.91. The van der Waals surface area contributed by atoms with Crippen LogP contribution in [0.4, 0.5) is 0 Å². The SMILES string of the molecule is Cc1cc(C(=O)CN2CCCOCC2)c(C)n1C. The molecule has 1 aromatic rings. The summed E-state index contributed by atoms with van der Waals surface area (Å²) in [5.41, 5.74) is 3.05. The van der Waals surface area contributed by atoms with Gasteiger partial charge in [0.1, 0.15) is 0 Å². The van der Waals surface area contributed by atoms with Crippen molar-refractivity contribution in [1.82, 2.24) is 9.47 Å². The maximum atomic E-state index is 12.3. The molecule has 1 aliphatic heterocycles. The van der Waals surface area contributed by atoms with Crippen molar-refractivity contribution in [1.29, 1.82) is 0 Å². The van der Waals surface area contributed by atoms with Gasteiger partial charge in [0.15, 0.2) is 5.78 Å². The third-order valence-corrected chi connectivity index (χ3v) is 3.76. The molecule has 0 bridgehead atoms. The Bertz CT molecular complexity index is 429. The third kappa shape index (κ3) is 2.82. The van der Waals surface area contributed by atoms with Gasteiger partial charge in [-0.3, -0.25) is 9.69 Å². The van der Waals surface area contributed by atoms with Gasteiger partial charge in [0.2, 0.25) is 0 Å². The Balaban J connectivity index is 2.04. The van der Waals surface area contributed by atoms with Crippen LogP contribution in [0.1, 0.15) is 28.2 Å². The van der Waals surface area contributed by atoms with Gasteiger partial charge in [0.25, 0.3) is 0 Å². The minimum atomic E-state index is 0.220. The van der Waals surface area contributed by atoms with Crippen molar-refractivity contribution in [2.45, 2.75) is 20.3 Å². The Labute approximate surface area is 109 Å². The Morgan fingerprint density at radius 1 is 1.33 bits per heavy atom. The molecular weight excluding hydrogens is 228 g/mol. The minimum absolute atomic E-state index is 0.220. The van der Waals surface area contributed by atoms with Crippen molar-refractivity contribution < 1.29 is 9.53 Å². The van der Waals surface area contributed by atoms with E-state index in [1.165, 1.54) is 0 Å². The minimum Gasteiger partial charge on any atom is -0.380 e. The van der Waals surface area contributed by atoms with Crippen LogP contribution in [0.2, 0.25) is 0 Å². The zero-order chi connectivity index (χ0) is 13.1. The van der Waals surface area contributed by atoms with Crippen molar-refractivity contribution in [3.05, 3.63) is 23.0 Å². The van der Waals surface area contributed by atoms with Gasteiger partial charge >= 0.3 is 0 Å². The molecule has 1 aliphatic rings. The molecule has 4 nitrogen and oxygen atoms in total. The van der Waals surface area contributed by atoms with Crippen molar-refractivity contribution in [3.8, 4) is 0 Å². The highest BCUT2D eigenvalue weighted by atomic mass is 16.5. The van der Waals surface area contributed by atoms with Crippen molar-refractivity contribution in [2.24, 2.45) is 7.05 Å². The second-order valence-corrected chi connectivity index (χ2v) is 5.01. The number of aromatic nitrogens is 1. The van der Waals surface area contributed by atoms with Gasteiger partial charge in [-0.15, -0.1) is 0 Å². The summed E-state index contributed by atoms with van der Waals surface area (Å²) in [7, 11) is 2.00. The molecule has 2 heterocycles. The number of hydrogen-bond acceptors (Lipinski definition) is 3. The molecule has 0 saturated carbocycles.